The number of aliphatic hydroxyl groups excluding tert-OH is 1. The summed E-state index contributed by atoms with van der Waals surface area (Å²) in [5.41, 5.74) is -0.391. The summed E-state index contributed by atoms with van der Waals surface area (Å²) in [5.74, 6) is 0. The van der Waals surface area contributed by atoms with Crippen molar-refractivity contribution in [2.45, 2.75) is 46.1 Å². The van der Waals surface area contributed by atoms with Crippen LogP contribution in [0.3, 0.4) is 0 Å². The summed E-state index contributed by atoms with van der Waals surface area (Å²) >= 11 is 0.452. The Morgan fingerprint density at radius 3 is 2.32 bits per heavy atom. The molecule has 0 amide bonds. The lowest BCUT2D eigenvalue weighted by atomic mass is 9.85. The first-order valence-corrected chi connectivity index (χ1v) is 6.71. The molecule has 0 radical (unpaired) electrons. The molecule has 0 aliphatic rings. The molecular formula is C12H18F3NO2S. The van der Waals surface area contributed by atoms with E-state index >= 15 is 0 Å². The summed E-state index contributed by atoms with van der Waals surface area (Å²) in [6.07, 6.45) is -5.12. The van der Waals surface area contributed by atoms with Gasteiger partial charge >= 0.3 is 6.18 Å². The molecule has 0 bridgehead atoms. The molecule has 1 N–H and O–H groups in total. The lowest BCUT2D eigenvalue weighted by Crippen LogP contribution is -2.35. The summed E-state index contributed by atoms with van der Waals surface area (Å²) in [7, 11) is 0. The Kier molecular flexibility index (Phi) is 4.97. The van der Waals surface area contributed by atoms with E-state index in [4.69, 9.17) is 4.74 Å². The summed E-state index contributed by atoms with van der Waals surface area (Å²) in [4.78, 5) is 3.48. The molecule has 0 aliphatic carbocycles. The molecule has 2 unspecified atom stereocenters. The van der Waals surface area contributed by atoms with Gasteiger partial charge in [0.25, 0.3) is 0 Å². The van der Waals surface area contributed by atoms with Gasteiger partial charge in [0, 0.05) is 12.8 Å². The van der Waals surface area contributed by atoms with Crippen LogP contribution in [0.1, 0.15) is 43.7 Å². The van der Waals surface area contributed by atoms with E-state index < -0.39 is 28.8 Å². The Morgan fingerprint density at radius 1 is 1.37 bits per heavy atom. The topological polar surface area (TPSA) is 42.4 Å². The normalized spacial score (nSPS) is 16.4. The van der Waals surface area contributed by atoms with E-state index in [2.05, 4.69) is 4.98 Å². The number of hydrogen-bond acceptors (Lipinski definition) is 4. The lowest BCUT2D eigenvalue weighted by molar-refractivity contribution is -0.137. The molecule has 0 aliphatic heterocycles. The van der Waals surface area contributed by atoms with Crippen LogP contribution in [0.15, 0.2) is 6.20 Å². The number of nitrogens with zero attached hydrogens (tertiary/aromatic N) is 1. The molecule has 110 valence electrons. The van der Waals surface area contributed by atoms with Gasteiger partial charge < -0.3 is 9.84 Å². The molecule has 0 fully saturated rings. The molecule has 0 spiro atoms. The minimum Gasteiger partial charge on any atom is -0.385 e. The van der Waals surface area contributed by atoms with Crippen LogP contribution < -0.4 is 0 Å². The molecule has 2 atom stereocenters. The molecule has 1 aromatic heterocycles. The highest BCUT2D eigenvalue weighted by Crippen LogP contribution is 2.38. The van der Waals surface area contributed by atoms with Crippen molar-refractivity contribution < 1.29 is 23.0 Å². The minimum absolute atomic E-state index is 0.167. The Labute approximate surface area is 114 Å². The Bertz CT molecular complexity index is 412. The maximum atomic E-state index is 12.5. The highest BCUT2D eigenvalue weighted by Gasteiger charge is 2.38. The fourth-order valence-electron chi connectivity index (χ4n) is 1.70. The molecule has 3 nitrogen and oxygen atoms in total. The second kappa shape index (κ2) is 5.76. The second-order valence-corrected chi connectivity index (χ2v) is 6.31. The predicted octanol–water partition coefficient (Wildman–Crippen LogP) is 3.65. The van der Waals surface area contributed by atoms with Crippen LogP contribution in [0.25, 0.3) is 0 Å². The number of ether oxygens (including phenoxy) is 1. The average Bonchev–Trinajstić information content (AvgIpc) is 2.72. The van der Waals surface area contributed by atoms with E-state index in [9.17, 15) is 18.3 Å². The van der Waals surface area contributed by atoms with Gasteiger partial charge in [-0.3, -0.25) is 0 Å². The molecule has 1 aromatic rings. The predicted molar refractivity (Wildman–Crippen MR) is 66.9 cm³/mol. The molecule has 7 heteroatoms. The lowest BCUT2D eigenvalue weighted by Gasteiger charge is -2.33. The number of halogens is 3. The first-order chi connectivity index (χ1) is 8.57. The molecule has 0 saturated carbocycles. The van der Waals surface area contributed by atoms with E-state index in [0.29, 0.717) is 17.9 Å². The monoisotopic (exact) mass is 297 g/mol. The quantitative estimate of drug-likeness (QED) is 0.922. The van der Waals surface area contributed by atoms with Crippen LogP contribution in [0.4, 0.5) is 13.2 Å². The fourth-order valence-corrected chi connectivity index (χ4v) is 2.49. The fraction of sp³-hybridized carbons (Fsp3) is 0.750. The van der Waals surface area contributed by atoms with Gasteiger partial charge in [0.1, 0.15) is 6.10 Å². The maximum absolute atomic E-state index is 12.5. The number of rotatable bonds is 4. The zero-order valence-corrected chi connectivity index (χ0v) is 12.1. The van der Waals surface area contributed by atoms with Gasteiger partial charge in [0.05, 0.1) is 11.0 Å². The molecule has 0 aromatic carbocycles. The van der Waals surface area contributed by atoms with Crippen molar-refractivity contribution in [1.29, 1.82) is 0 Å². The van der Waals surface area contributed by atoms with E-state index in [1.165, 1.54) is 0 Å². The molecule has 0 saturated heterocycles. The Morgan fingerprint density at radius 2 is 1.95 bits per heavy atom. The van der Waals surface area contributed by atoms with Gasteiger partial charge in [-0.1, -0.05) is 20.8 Å². The first kappa shape index (κ1) is 16.4. The third-order valence-corrected chi connectivity index (χ3v) is 3.66. The van der Waals surface area contributed by atoms with Gasteiger partial charge in [-0.15, -0.1) is 11.3 Å². The van der Waals surface area contributed by atoms with Gasteiger partial charge in [0.2, 0.25) is 0 Å². The first-order valence-electron chi connectivity index (χ1n) is 5.90. The van der Waals surface area contributed by atoms with Crippen LogP contribution >= 0.6 is 11.3 Å². The zero-order valence-electron chi connectivity index (χ0n) is 11.3. The summed E-state index contributed by atoms with van der Waals surface area (Å²) in [5, 5.41) is 9.25. The largest absolute Gasteiger partial charge is 0.443 e. The number of thiazole rings is 1. The molecule has 1 heterocycles. The van der Waals surface area contributed by atoms with Crippen molar-refractivity contribution in [2.24, 2.45) is 5.41 Å². The third-order valence-electron chi connectivity index (χ3n) is 2.54. The van der Waals surface area contributed by atoms with Crippen LogP contribution in [-0.4, -0.2) is 22.8 Å². The highest BCUT2D eigenvalue weighted by atomic mass is 32.1. The van der Waals surface area contributed by atoms with Crippen LogP contribution in [-0.2, 0) is 10.9 Å². The third kappa shape index (κ3) is 4.15. The number of alkyl halides is 3. The van der Waals surface area contributed by atoms with Gasteiger partial charge in [0.15, 0.2) is 5.01 Å². The van der Waals surface area contributed by atoms with E-state index in [0.717, 1.165) is 6.20 Å². The van der Waals surface area contributed by atoms with E-state index in [1.807, 2.05) is 20.8 Å². The maximum Gasteiger partial charge on any atom is 0.443 e. The Balaban J connectivity index is 2.97. The van der Waals surface area contributed by atoms with Crippen LogP contribution in [0.2, 0.25) is 0 Å². The molecule has 1 rings (SSSR count). The van der Waals surface area contributed by atoms with Crippen molar-refractivity contribution in [3.63, 3.8) is 0 Å². The van der Waals surface area contributed by atoms with Crippen molar-refractivity contribution in [3.8, 4) is 0 Å². The van der Waals surface area contributed by atoms with Gasteiger partial charge in [-0.05, 0) is 12.3 Å². The second-order valence-electron chi connectivity index (χ2n) is 5.25. The average molecular weight is 297 g/mol. The van der Waals surface area contributed by atoms with Crippen molar-refractivity contribution in [3.05, 3.63) is 16.1 Å². The smallest absolute Gasteiger partial charge is 0.385 e. The highest BCUT2D eigenvalue weighted by molar-refractivity contribution is 7.11. The van der Waals surface area contributed by atoms with E-state index in [-0.39, 0.29) is 4.88 Å². The number of aliphatic hydroxyl groups is 1. The standard InChI is InChI=1S/C12H18F3NO2S/c1-5-18-9(11(2,3)4)8(17)7-6-16-10(19-7)12(13,14)15/h6,8-9,17H,5H2,1-4H3. The summed E-state index contributed by atoms with van der Waals surface area (Å²) < 4.78 is 42.9. The summed E-state index contributed by atoms with van der Waals surface area (Å²) in [6.45, 7) is 7.75. The van der Waals surface area contributed by atoms with Gasteiger partial charge in [-0.2, -0.15) is 13.2 Å². The number of hydrogen-bond donors (Lipinski definition) is 1. The zero-order chi connectivity index (χ0) is 14.8. The molecule has 19 heavy (non-hydrogen) atoms. The number of aromatic nitrogens is 1. The van der Waals surface area contributed by atoms with Crippen molar-refractivity contribution >= 4 is 11.3 Å². The van der Waals surface area contributed by atoms with Crippen molar-refractivity contribution in [2.75, 3.05) is 6.61 Å². The van der Waals surface area contributed by atoms with Crippen molar-refractivity contribution in [1.82, 2.24) is 4.98 Å². The molecular weight excluding hydrogens is 279 g/mol. The van der Waals surface area contributed by atoms with E-state index in [1.54, 1.807) is 6.92 Å². The summed E-state index contributed by atoms with van der Waals surface area (Å²) in [6, 6.07) is 0. The van der Waals surface area contributed by atoms with Gasteiger partial charge in [-0.25, -0.2) is 4.98 Å². The van der Waals surface area contributed by atoms with Crippen LogP contribution in [0.5, 0.6) is 0 Å². The van der Waals surface area contributed by atoms with Crippen LogP contribution in [0, 0.1) is 5.41 Å². The Hall–Kier alpha value is -0.660. The minimum atomic E-state index is -4.48. The SMILES string of the molecule is CCOC(C(O)c1cnc(C(F)(F)F)s1)C(C)(C)C.